The molecular weight excluding hydrogens is 512 g/mol. The van der Waals surface area contributed by atoms with E-state index in [1.807, 2.05) is 0 Å². The molecule has 0 spiro atoms. The summed E-state index contributed by atoms with van der Waals surface area (Å²) in [5, 5.41) is 14.7. The number of halogens is 2. The fourth-order valence-corrected chi connectivity index (χ4v) is 4.78. The van der Waals surface area contributed by atoms with Gasteiger partial charge in [0.05, 0.1) is 12.0 Å². The molecule has 1 aliphatic carbocycles. The third-order valence-corrected chi connectivity index (χ3v) is 7.05. The first-order valence-corrected chi connectivity index (χ1v) is 13.2. The number of nitrogens with zero attached hydrogens (tertiary/aromatic N) is 1. The molecule has 2 aromatic carbocycles. The number of piperidine rings is 1. The molecule has 0 bridgehead atoms. The molecule has 0 atom stereocenters. The highest BCUT2D eigenvalue weighted by atomic mass is 19.2. The van der Waals surface area contributed by atoms with Crippen molar-refractivity contribution in [2.75, 3.05) is 26.2 Å². The second kappa shape index (κ2) is 13.3. The summed E-state index contributed by atoms with van der Waals surface area (Å²) in [5.41, 5.74) is 0.464. The minimum atomic E-state index is -0.962. The summed E-state index contributed by atoms with van der Waals surface area (Å²) in [5.74, 6) is -2.32. The number of carbonyl (C=O) groups excluding carboxylic acids is 2. The number of carbonyl (C=O) groups is 3. The number of ether oxygens (including phenoxy) is 2. The lowest BCUT2D eigenvalue weighted by Gasteiger charge is -2.32. The molecule has 1 saturated heterocycles. The Hall–Kier alpha value is -3.89. The lowest BCUT2D eigenvalue weighted by atomic mass is 9.87. The normalized spacial score (nSPS) is 19.7. The third-order valence-electron chi connectivity index (χ3n) is 7.05. The highest BCUT2D eigenvalue weighted by Crippen LogP contribution is 2.28. The Morgan fingerprint density at radius 1 is 0.795 bits per heavy atom. The molecule has 0 unspecified atom stereocenters. The van der Waals surface area contributed by atoms with E-state index in [4.69, 9.17) is 14.6 Å². The van der Waals surface area contributed by atoms with Crippen LogP contribution >= 0.6 is 0 Å². The number of rotatable bonds is 9. The fraction of sp³-hybridized carbons (Fsp3) is 0.464. The molecule has 3 amide bonds. The zero-order valence-corrected chi connectivity index (χ0v) is 21.5. The Morgan fingerprint density at radius 2 is 1.38 bits per heavy atom. The van der Waals surface area contributed by atoms with Gasteiger partial charge < -0.3 is 30.1 Å². The summed E-state index contributed by atoms with van der Waals surface area (Å²) in [6.45, 7) is 1.44. The minimum Gasteiger partial charge on any atom is -0.490 e. The van der Waals surface area contributed by atoms with Gasteiger partial charge in [-0.15, -0.1) is 0 Å². The van der Waals surface area contributed by atoms with Gasteiger partial charge in [-0.2, -0.15) is 0 Å². The summed E-state index contributed by atoms with van der Waals surface area (Å²) < 4.78 is 38.1. The molecule has 2 fully saturated rings. The van der Waals surface area contributed by atoms with Gasteiger partial charge in [0.25, 0.3) is 5.91 Å². The first kappa shape index (κ1) is 28.1. The van der Waals surface area contributed by atoms with Crippen LogP contribution in [0.3, 0.4) is 0 Å². The molecule has 0 radical (unpaired) electrons. The second-order valence-electron chi connectivity index (χ2n) is 9.82. The van der Waals surface area contributed by atoms with Gasteiger partial charge in [0.2, 0.25) is 0 Å². The van der Waals surface area contributed by atoms with Crippen LogP contribution in [0.5, 0.6) is 11.5 Å². The Labute approximate surface area is 225 Å². The van der Waals surface area contributed by atoms with E-state index in [2.05, 4.69) is 10.6 Å². The number of urea groups is 1. The van der Waals surface area contributed by atoms with Crippen LogP contribution in [-0.2, 0) is 4.79 Å². The van der Waals surface area contributed by atoms with Gasteiger partial charge in [-0.3, -0.25) is 9.59 Å². The number of nitrogens with one attached hydrogen (secondary N) is 2. The van der Waals surface area contributed by atoms with Crippen molar-refractivity contribution in [3.05, 3.63) is 59.7 Å². The minimum absolute atomic E-state index is 0.0263. The third kappa shape index (κ3) is 8.05. The van der Waals surface area contributed by atoms with E-state index >= 15 is 0 Å². The van der Waals surface area contributed by atoms with Gasteiger partial charge >= 0.3 is 12.0 Å². The van der Waals surface area contributed by atoms with Gasteiger partial charge in [0.15, 0.2) is 11.6 Å². The second-order valence-corrected chi connectivity index (χ2v) is 9.82. The molecule has 1 saturated carbocycles. The summed E-state index contributed by atoms with van der Waals surface area (Å²) >= 11 is 0. The summed E-state index contributed by atoms with van der Waals surface area (Å²) in [7, 11) is 0. The van der Waals surface area contributed by atoms with E-state index in [-0.39, 0.29) is 48.9 Å². The zero-order valence-electron chi connectivity index (χ0n) is 21.5. The van der Waals surface area contributed by atoms with Crippen LogP contribution in [0, 0.1) is 17.6 Å². The first-order chi connectivity index (χ1) is 18.8. The Balaban J connectivity index is 1.10. The van der Waals surface area contributed by atoms with Crippen molar-refractivity contribution in [1.29, 1.82) is 0 Å². The van der Waals surface area contributed by atoms with Gasteiger partial charge in [0.1, 0.15) is 17.6 Å². The molecule has 1 aliphatic heterocycles. The van der Waals surface area contributed by atoms with Gasteiger partial charge in [-0.1, -0.05) is 0 Å². The van der Waals surface area contributed by atoms with Crippen LogP contribution in [0.2, 0.25) is 0 Å². The molecule has 3 N–H and O–H groups in total. The Bertz CT molecular complexity index is 1150. The largest absolute Gasteiger partial charge is 0.490 e. The van der Waals surface area contributed by atoms with E-state index in [9.17, 15) is 23.2 Å². The van der Waals surface area contributed by atoms with Crippen LogP contribution < -0.4 is 20.1 Å². The Kier molecular flexibility index (Phi) is 9.56. The molecule has 4 rings (SSSR count). The van der Waals surface area contributed by atoms with Crippen molar-refractivity contribution in [2.24, 2.45) is 5.92 Å². The van der Waals surface area contributed by atoms with Crippen molar-refractivity contribution >= 4 is 17.9 Å². The number of carboxylic acid groups (broad SMARTS) is 1. The smallest absolute Gasteiger partial charge is 0.317 e. The van der Waals surface area contributed by atoms with E-state index in [0.29, 0.717) is 62.9 Å². The van der Waals surface area contributed by atoms with Crippen molar-refractivity contribution in [3.63, 3.8) is 0 Å². The average molecular weight is 546 g/mol. The van der Waals surface area contributed by atoms with Gasteiger partial charge in [0, 0.05) is 50.7 Å². The van der Waals surface area contributed by atoms with Crippen molar-refractivity contribution in [2.45, 2.75) is 50.7 Å². The van der Waals surface area contributed by atoms with Crippen molar-refractivity contribution in [1.82, 2.24) is 15.5 Å². The lowest BCUT2D eigenvalue weighted by molar-refractivity contribution is -0.143. The molecule has 9 nitrogen and oxygen atoms in total. The van der Waals surface area contributed by atoms with E-state index in [1.165, 1.54) is 6.07 Å². The number of hydrogen-bond donors (Lipinski definition) is 3. The quantitative estimate of drug-likeness (QED) is 0.411. The first-order valence-electron chi connectivity index (χ1n) is 13.2. The number of benzene rings is 2. The van der Waals surface area contributed by atoms with E-state index in [0.717, 1.165) is 12.1 Å². The molecule has 39 heavy (non-hydrogen) atoms. The molecule has 1 heterocycles. The average Bonchev–Trinajstić information content (AvgIpc) is 2.94. The van der Waals surface area contributed by atoms with E-state index < -0.39 is 17.6 Å². The lowest BCUT2D eigenvalue weighted by Crippen LogP contribution is -2.47. The van der Waals surface area contributed by atoms with Crippen LogP contribution in [0.15, 0.2) is 42.5 Å². The zero-order chi connectivity index (χ0) is 27.8. The molecular formula is C28H33F2N3O6. The number of likely N-dealkylation sites (tertiary alicyclic amines) is 1. The van der Waals surface area contributed by atoms with Crippen LogP contribution in [-0.4, -0.2) is 66.3 Å². The number of aliphatic carboxylic acids is 1. The van der Waals surface area contributed by atoms with Crippen LogP contribution in [0.25, 0.3) is 0 Å². The predicted molar refractivity (Wildman–Crippen MR) is 138 cm³/mol. The number of hydrogen-bond acceptors (Lipinski definition) is 5. The van der Waals surface area contributed by atoms with Crippen molar-refractivity contribution in [3.8, 4) is 11.5 Å². The fourth-order valence-electron chi connectivity index (χ4n) is 4.78. The molecule has 0 aromatic heterocycles. The highest BCUT2D eigenvalue weighted by molar-refractivity contribution is 5.94. The van der Waals surface area contributed by atoms with Gasteiger partial charge in [-0.05, 0) is 62.1 Å². The Morgan fingerprint density at radius 3 is 2.03 bits per heavy atom. The monoisotopic (exact) mass is 545 g/mol. The van der Waals surface area contributed by atoms with E-state index in [1.54, 1.807) is 29.2 Å². The number of amides is 3. The summed E-state index contributed by atoms with van der Waals surface area (Å²) in [4.78, 5) is 37.6. The maximum Gasteiger partial charge on any atom is 0.317 e. The molecule has 11 heteroatoms. The predicted octanol–water partition coefficient (Wildman–Crippen LogP) is 3.97. The molecule has 210 valence electrons. The van der Waals surface area contributed by atoms with Crippen LogP contribution in [0.4, 0.5) is 13.6 Å². The standard InChI is InChI=1S/C28H33F2N3O6/c29-24-10-9-23(17-25(24)30)39-22-11-15-33(16-12-22)28(37)32-14-13-31-26(34)18-1-5-20(6-2-18)38-21-7-3-19(4-8-21)27(35)36/h1-2,5-6,9-10,17,19,21-22H,3-4,7-8,11-16H2,(H,31,34)(H,32,37)(H,35,36)/t19-,21+. The molecule has 2 aliphatic rings. The molecule has 2 aromatic rings. The van der Waals surface area contributed by atoms with Crippen molar-refractivity contribution < 1.29 is 37.7 Å². The van der Waals surface area contributed by atoms with Crippen LogP contribution in [0.1, 0.15) is 48.9 Å². The number of carboxylic acids is 1. The van der Waals surface area contributed by atoms with Gasteiger partial charge in [-0.25, -0.2) is 13.6 Å². The summed E-state index contributed by atoms with van der Waals surface area (Å²) in [6.07, 6.45) is 3.48. The maximum atomic E-state index is 13.4. The summed E-state index contributed by atoms with van der Waals surface area (Å²) in [6, 6.07) is 9.95. The SMILES string of the molecule is O=C(NCCNC(=O)N1CCC(Oc2ccc(F)c(F)c2)CC1)c1ccc(O[C@H]2CC[C@@H](C(=O)O)CC2)cc1. The maximum absolute atomic E-state index is 13.4. The topological polar surface area (TPSA) is 117 Å². The highest BCUT2D eigenvalue weighted by Gasteiger charge is 2.27.